The van der Waals surface area contributed by atoms with Crippen LogP contribution in [0.15, 0.2) is 60.0 Å². The molecule has 0 saturated heterocycles. The molecule has 5 nitrogen and oxygen atoms in total. The maximum absolute atomic E-state index is 12.4. The van der Waals surface area contributed by atoms with E-state index in [4.69, 9.17) is 0 Å². The van der Waals surface area contributed by atoms with Gasteiger partial charge in [-0.25, -0.2) is 4.98 Å². The molecule has 2 amide bonds. The molecular formula is C22H23N3O2S. The average Bonchev–Trinajstić information content (AvgIpc) is 3.09. The third-order valence-corrected chi connectivity index (χ3v) is 4.94. The van der Waals surface area contributed by atoms with Crippen molar-refractivity contribution >= 4 is 34.5 Å². The van der Waals surface area contributed by atoms with E-state index in [0.717, 1.165) is 23.5 Å². The number of thiazole rings is 1. The minimum absolute atomic E-state index is 0.0283. The van der Waals surface area contributed by atoms with Gasteiger partial charge in [0.2, 0.25) is 11.8 Å². The van der Waals surface area contributed by atoms with Gasteiger partial charge in [0.05, 0.1) is 17.1 Å². The van der Waals surface area contributed by atoms with E-state index in [1.807, 2.05) is 30.5 Å². The summed E-state index contributed by atoms with van der Waals surface area (Å²) in [5.74, 6) is -0.159. The molecule has 0 spiro atoms. The standard InChI is InChI=1S/C22H23N3O2S/c1-2-7-20(26)23-17-10-6-11-18(13-17)24-21(27)14-19-15-28-22(25-19)12-16-8-4-3-5-9-16/h3-6,8-11,13,15H,2,7,12,14H2,1H3,(H,23,26)(H,24,27). The fourth-order valence-corrected chi connectivity index (χ4v) is 3.60. The Morgan fingerprint density at radius 3 is 2.39 bits per heavy atom. The van der Waals surface area contributed by atoms with Gasteiger partial charge in [0.25, 0.3) is 0 Å². The number of aromatic nitrogens is 1. The van der Waals surface area contributed by atoms with Crippen LogP contribution in [0.25, 0.3) is 0 Å². The van der Waals surface area contributed by atoms with E-state index in [-0.39, 0.29) is 18.2 Å². The van der Waals surface area contributed by atoms with Gasteiger partial charge < -0.3 is 10.6 Å². The molecule has 1 heterocycles. The third-order valence-electron chi connectivity index (χ3n) is 4.05. The summed E-state index contributed by atoms with van der Waals surface area (Å²) < 4.78 is 0. The Balaban J connectivity index is 1.55. The van der Waals surface area contributed by atoms with Crippen LogP contribution in [0.1, 0.15) is 36.0 Å². The summed E-state index contributed by atoms with van der Waals surface area (Å²) in [7, 11) is 0. The van der Waals surface area contributed by atoms with E-state index < -0.39 is 0 Å². The molecule has 0 unspecified atom stereocenters. The van der Waals surface area contributed by atoms with Crippen molar-refractivity contribution in [2.24, 2.45) is 0 Å². The molecule has 3 aromatic rings. The average molecular weight is 394 g/mol. The highest BCUT2D eigenvalue weighted by molar-refractivity contribution is 7.09. The maximum atomic E-state index is 12.4. The fraction of sp³-hybridized carbons (Fsp3) is 0.227. The van der Waals surface area contributed by atoms with Crippen LogP contribution in [0.5, 0.6) is 0 Å². The van der Waals surface area contributed by atoms with Gasteiger partial charge in [-0.3, -0.25) is 9.59 Å². The zero-order chi connectivity index (χ0) is 19.8. The van der Waals surface area contributed by atoms with Gasteiger partial charge in [0.1, 0.15) is 0 Å². The predicted octanol–water partition coefficient (Wildman–Crippen LogP) is 4.65. The van der Waals surface area contributed by atoms with Crippen LogP contribution in [0.3, 0.4) is 0 Å². The highest BCUT2D eigenvalue weighted by atomic mass is 32.1. The molecule has 0 aliphatic heterocycles. The van der Waals surface area contributed by atoms with E-state index in [2.05, 4.69) is 27.8 Å². The number of hydrogen-bond acceptors (Lipinski definition) is 4. The van der Waals surface area contributed by atoms with Gasteiger partial charge in [-0.05, 0) is 30.2 Å². The van der Waals surface area contributed by atoms with Crippen LogP contribution in [0.4, 0.5) is 11.4 Å². The molecule has 0 aliphatic rings. The van der Waals surface area contributed by atoms with Gasteiger partial charge in [0.15, 0.2) is 0 Å². The largest absolute Gasteiger partial charge is 0.326 e. The minimum atomic E-state index is -0.131. The first-order valence-corrected chi connectivity index (χ1v) is 10.2. The summed E-state index contributed by atoms with van der Waals surface area (Å²) in [5, 5.41) is 8.63. The number of hydrogen-bond donors (Lipinski definition) is 2. The molecule has 144 valence electrons. The first-order valence-electron chi connectivity index (χ1n) is 9.29. The van der Waals surface area contributed by atoms with Crippen LogP contribution in [-0.2, 0) is 22.4 Å². The molecule has 3 rings (SSSR count). The summed E-state index contributed by atoms with van der Waals surface area (Å²) in [6.45, 7) is 1.96. The summed E-state index contributed by atoms with van der Waals surface area (Å²) in [5.41, 5.74) is 3.30. The SMILES string of the molecule is CCCC(=O)Nc1cccc(NC(=O)Cc2csc(Cc3ccccc3)n2)c1. The first kappa shape index (κ1) is 19.8. The Bertz CT molecular complexity index is 938. The Morgan fingerprint density at radius 2 is 1.68 bits per heavy atom. The molecule has 0 atom stereocenters. The van der Waals surface area contributed by atoms with Crippen molar-refractivity contribution in [2.75, 3.05) is 10.6 Å². The lowest BCUT2D eigenvalue weighted by molar-refractivity contribution is -0.116. The van der Waals surface area contributed by atoms with Crippen molar-refractivity contribution in [3.8, 4) is 0 Å². The zero-order valence-electron chi connectivity index (χ0n) is 15.8. The second-order valence-corrected chi connectivity index (χ2v) is 7.44. The lowest BCUT2D eigenvalue weighted by Crippen LogP contribution is -2.15. The predicted molar refractivity (Wildman–Crippen MR) is 114 cm³/mol. The molecule has 0 bridgehead atoms. The molecule has 0 aliphatic carbocycles. The molecule has 1 aromatic heterocycles. The highest BCUT2D eigenvalue weighted by Crippen LogP contribution is 2.18. The van der Waals surface area contributed by atoms with E-state index >= 15 is 0 Å². The molecular weight excluding hydrogens is 370 g/mol. The molecule has 28 heavy (non-hydrogen) atoms. The quantitative estimate of drug-likeness (QED) is 0.585. The summed E-state index contributed by atoms with van der Waals surface area (Å²) >= 11 is 1.57. The van der Waals surface area contributed by atoms with Crippen LogP contribution >= 0.6 is 11.3 Å². The van der Waals surface area contributed by atoms with Crippen LogP contribution in [0.2, 0.25) is 0 Å². The topological polar surface area (TPSA) is 71.1 Å². The van der Waals surface area contributed by atoms with Gasteiger partial charge in [-0.2, -0.15) is 0 Å². The van der Waals surface area contributed by atoms with Gasteiger partial charge >= 0.3 is 0 Å². The molecule has 2 aromatic carbocycles. The van der Waals surface area contributed by atoms with Crippen molar-refractivity contribution in [3.63, 3.8) is 0 Å². The van der Waals surface area contributed by atoms with Crippen LogP contribution in [0, 0.1) is 0 Å². The molecule has 0 fully saturated rings. The fourth-order valence-electron chi connectivity index (χ4n) is 2.78. The van der Waals surface area contributed by atoms with Crippen molar-refractivity contribution < 1.29 is 9.59 Å². The minimum Gasteiger partial charge on any atom is -0.326 e. The zero-order valence-corrected chi connectivity index (χ0v) is 16.6. The second-order valence-electron chi connectivity index (χ2n) is 6.50. The smallest absolute Gasteiger partial charge is 0.230 e. The van der Waals surface area contributed by atoms with Gasteiger partial charge in [-0.1, -0.05) is 43.3 Å². The number of amides is 2. The number of benzene rings is 2. The molecule has 2 N–H and O–H groups in total. The van der Waals surface area contributed by atoms with Crippen LogP contribution in [-0.4, -0.2) is 16.8 Å². The molecule has 0 saturated carbocycles. The normalized spacial score (nSPS) is 10.5. The highest BCUT2D eigenvalue weighted by Gasteiger charge is 2.09. The monoisotopic (exact) mass is 393 g/mol. The van der Waals surface area contributed by atoms with Crippen molar-refractivity contribution in [1.82, 2.24) is 4.98 Å². The Morgan fingerprint density at radius 1 is 0.964 bits per heavy atom. The van der Waals surface area contributed by atoms with Crippen molar-refractivity contribution in [3.05, 3.63) is 76.2 Å². The summed E-state index contributed by atoms with van der Waals surface area (Å²) in [6, 6.07) is 17.3. The maximum Gasteiger partial charge on any atom is 0.230 e. The number of nitrogens with zero attached hydrogens (tertiary/aromatic N) is 1. The molecule has 0 radical (unpaired) electrons. The molecule has 6 heteroatoms. The van der Waals surface area contributed by atoms with E-state index in [0.29, 0.717) is 17.8 Å². The number of anilines is 2. The second kappa shape index (κ2) is 9.80. The summed E-state index contributed by atoms with van der Waals surface area (Å²) in [6.07, 6.45) is 2.26. The van der Waals surface area contributed by atoms with E-state index in [9.17, 15) is 9.59 Å². The number of rotatable bonds is 8. The van der Waals surface area contributed by atoms with Gasteiger partial charge in [0, 0.05) is 29.6 Å². The van der Waals surface area contributed by atoms with Gasteiger partial charge in [-0.15, -0.1) is 11.3 Å². The van der Waals surface area contributed by atoms with E-state index in [1.165, 1.54) is 5.56 Å². The lowest BCUT2D eigenvalue weighted by atomic mass is 10.2. The van der Waals surface area contributed by atoms with E-state index in [1.54, 1.807) is 35.6 Å². The van der Waals surface area contributed by atoms with Crippen LogP contribution < -0.4 is 10.6 Å². The first-order chi connectivity index (χ1) is 13.6. The Kier molecular flexibility index (Phi) is 6.92. The lowest BCUT2D eigenvalue weighted by Gasteiger charge is -2.08. The number of nitrogens with one attached hydrogen (secondary N) is 2. The Hall–Kier alpha value is -2.99. The number of carbonyl (C=O) groups excluding carboxylic acids is 2. The third kappa shape index (κ3) is 6.03. The van der Waals surface area contributed by atoms with Crippen molar-refractivity contribution in [1.29, 1.82) is 0 Å². The summed E-state index contributed by atoms with van der Waals surface area (Å²) in [4.78, 5) is 28.6. The number of carbonyl (C=O) groups is 2. The Labute approximate surface area is 168 Å². The van der Waals surface area contributed by atoms with Crippen molar-refractivity contribution in [2.45, 2.75) is 32.6 Å².